The average molecular weight is 329 g/mol. The molecule has 0 aromatic heterocycles. The van der Waals surface area contributed by atoms with Crippen LogP contribution in [0.3, 0.4) is 0 Å². The van der Waals surface area contributed by atoms with Gasteiger partial charge in [-0.05, 0) is 25.0 Å². The summed E-state index contributed by atoms with van der Waals surface area (Å²) in [4.78, 5) is 2.07. The molecule has 0 radical (unpaired) electrons. The highest BCUT2D eigenvalue weighted by atomic mass is 32.2. The van der Waals surface area contributed by atoms with Gasteiger partial charge in [-0.15, -0.1) is 0 Å². The molecule has 0 spiro atoms. The first kappa shape index (κ1) is 16.8. The van der Waals surface area contributed by atoms with Gasteiger partial charge in [0.15, 0.2) is 9.84 Å². The van der Waals surface area contributed by atoms with Crippen LogP contribution >= 0.6 is 11.8 Å². The molecule has 2 rings (SSSR count). The van der Waals surface area contributed by atoms with Gasteiger partial charge in [0.2, 0.25) is 0 Å². The molecule has 0 aliphatic carbocycles. The number of sulfone groups is 1. The Balaban J connectivity index is 2.38. The first-order valence-corrected chi connectivity index (χ1v) is 10.2. The number of hydrogen-bond acceptors (Lipinski definition) is 5. The molecule has 1 aromatic carbocycles. The summed E-state index contributed by atoms with van der Waals surface area (Å²) < 4.78 is 24.2. The topological polar surface area (TPSA) is 63.4 Å². The van der Waals surface area contributed by atoms with E-state index in [9.17, 15) is 8.42 Å². The van der Waals surface area contributed by atoms with Crippen LogP contribution in [-0.2, 0) is 9.84 Å². The van der Waals surface area contributed by atoms with Crippen LogP contribution in [0.4, 0.5) is 0 Å². The van der Waals surface area contributed by atoms with Gasteiger partial charge < -0.3 is 5.73 Å². The Bertz CT molecular complexity index is 602. The van der Waals surface area contributed by atoms with Gasteiger partial charge >= 0.3 is 0 Å². The molecule has 1 aliphatic rings. The fourth-order valence-corrected chi connectivity index (χ4v) is 5.88. The molecule has 1 aliphatic heterocycles. The van der Waals surface area contributed by atoms with E-state index in [4.69, 9.17) is 5.73 Å². The smallest absolute Gasteiger partial charge is 0.164 e. The second-order valence-electron chi connectivity index (χ2n) is 5.71. The fourth-order valence-electron chi connectivity index (χ4n) is 2.96. The summed E-state index contributed by atoms with van der Waals surface area (Å²) in [7, 11) is -3.11. The third-order valence-corrected chi connectivity index (χ3v) is 6.69. The van der Waals surface area contributed by atoms with E-state index in [0.717, 1.165) is 17.9 Å². The van der Waals surface area contributed by atoms with Crippen molar-refractivity contribution in [1.29, 1.82) is 0 Å². The molecular formula is C15H24N2O2S2. The molecule has 21 heavy (non-hydrogen) atoms. The molecule has 1 heterocycles. The molecular weight excluding hydrogens is 304 g/mol. The molecule has 1 fully saturated rings. The number of hydrogen-bond donors (Lipinski definition) is 1. The van der Waals surface area contributed by atoms with Gasteiger partial charge in [0, 0.05) is 36.9 Å². The predicted octanol–water partition coefficient (Wildman–Crippen LogP) is 1.72. The van der Waals surface area contributed by atoms with Crippen LogP contribution in [-0.4, -0.2) is 49.5 Å². The van der Waals surface area contributed by atoms with E-state index in [1.807, 2.05) is 0 Å². The molecule has 1 saturated heterocycles. The van der Waals surface area contributed by atoms with Crippen LogP contribution in [0.2, 0.25) is 0 Å². The van der Waals surface area contributed by atoms with Gasteiger partial charge in [-0.3, -0.25) is 4.90 Å². The van der Waals surface area contributed by atoms with Crippen LogP contribution in [0.15, 0.2) is 18.2 Å². The second-order valence-corrected chi connectivity index (χ2v) is 9.06. The van der Waals surface area contributed by atoms with Crippen LogP contribution in [0.1, 0.15) is 22.7 Å². The zero-order valence-electron chi connectivity index (χ0n) is 12.9. The monoisotopic (exact) mass is 328 g/mol. The Morgan fingerprint density at radius 3 is 2.71 bits per heavy atom. The van der Waals surface area contributed by atoms with E-state index in [1.54, 1.807) is 11.8 Å². The highest BCUT2D eigenvalue weighted by molar-refractivity contribution is 8.00. The van der Waals surface area contributed by atoms with Crippen molar-refractivity contribution in [3.8, 4) is 0 Å². The molecule has 2 unspecified atom stereocenters. The van der Waals surface area contributed by atoms with E-state index >= 15 is 0 Å². The first-order chi connectivity index (χ1) is 9.84. The summed E-state index contributed by atoms with van der Waals surface area (Å²) in [6.45, 7) is 5.32. The maximum Gasteiger partial charge on any atom is 0.164 e. The quantitative estimate of drug-likeness (QED) is 0.912. The average Bonchev–Trinajstić information content (AvgIpc) is 2.41. The lowest BCUT2D eigenvalue weighted by Gasteiger charge is -2.40. The van der Waals surface area contributed by atoms with E-state index in [-0.39, 0.29) is 6.04 Å². The number of aryl methyl sites for hydroxylation is 2. The molecule has 2 atom stereocenters. The van der Waals surface area contributed by atoms with Gasteiger partial charge in [-0.25, -0.2) is 8.42 Å². The summed E-state index contributed by atoms with van der Waals surface area (Å²) >= 11 is 1.70. The van der Waals surface area contributed by atoms with Crippen molar-refractivity contribution in [3.05, 3.63) is 34.9 Å². The molecule has 0 bridgehead atoms. The standard InChI is InChI=1S/C15H24N2O2S2/c1-11-4-5-13(12(2)8-11)14(9-16)17-6-7-20-10-15(17)21(3,18)19/h4-5,8,14-15H,6-7,9-10,16H2,1-3H3. The lowest BCUT2D eigenvalue weighted by molar-refractivity contribution is 0.197. The van der Waals surface area contributed by atoms with Crippen LogP contribution in [0.5, 0.6) is 0 Å². The zero-order valence-corrected chi connectivity index (χ0v) is 14.5. The van der Waals surface area contributed by atoms with E-state index < -0.39 is 15.2 Å². The minimum Gasteiger partial charge on any atom is -0.329 e. The Hall–Kier alpha value is -0.560. The SMILES string of the molecule is Cc1ccc(C(CN)N2CCSCC2S(C)(=O)=O)c(C)c1. The van der Waals surface area contributed by atoms with Gasteiger partial charge in [-0.2, -0.15) is 11.8 Å². The minimum absolute atomic E-state index is 0.0359. The Morgan fingerprint density at radius 2 is 2.14 bits per heavy atom. The maximum absolute atomic E-state index is 12.1. The molecule has 6 heteroatoms. The van der Waals surface area contributed by atoms with Gasteiger partial charge in [0.05, 0.1) is 0 Å². The normalized spacial score (nSPS) is 22.2. The molecule has 1 aromatic rings. The van der Waals surface area contributed by atoms with E-state index in [2.05, 4.69) is 36.9 Å². The first-order valence-electron chi connectivity index (χ1n) is 7.14. The van der Waals surface area contributed by atoms with Crippen LogP contribution in [0, 0.1) is 13.8 Å². The molecule has 2 N–H and O–H groups in total. The zero-order chi connectivity index (χ0) is 15.6. The highest BCUT2D eigenvalue weighted by Gasteiger charge is 2.35. The molecule has 4 nitrogen and oxygen atoms in total. The van der Waals surface area contributed by atoms with E-state index in [1.165, 1.54) is 17.4 Å². The van der Waals surface area contributed by atoms with Crippen molar-refractivity contribution >= 4 is 21.6 Å². The van der Waals surface area contributed by atoms with Gasteiger partial charge in [0.25, 0.3) is 0 Å². The summed E-state index contributed by atoms with van der Waals surface area (Å²) in [6.07, 6.45) is 1.33. The number of thioether (sulfide) groups is 1. The molecule has 118 valence electrons. The Labute approximate surface area is 132 Å². The van der Waals surface area contributed by atoms with Crippen molar-refractivity contribution < 1.29 is 8.42 Å². The van der Waals surface area contributed by atoms with Crippen molar-refractivity contribution in [1.82, 2.24) is 4.90 Å². The second kappa shape index (κ2) is 6.69. The summed E-state index contributed by atoms with van der Waals surface area (Å²) in [5.41, 5.74) is 9.53. The molecule has 0 saturated carbocycles. The predicted molar refractivity (Wildman–Crippen MR) is 90.4 cm³/mol. The number of nitrogens with two attached hydrogens (primary N) is 1. The van der Waals surface area contributed by atoms with Crippen LogP contribution < -0.4 is 5.73 Å². The lowest BCUT2D eigenvalue weighted by Crippen LogP contribution is -2.50. The Kier molecular flexibility index (Phi) is 5.35. The number of nitrogens with zero attached hydrogens (tertiary/aromatic N) is 1. The molecule has 0 amide bonds. The van der Waals surface area contributed by atoms with Crippen molar-refractivity contribution in [2.75, 3.05) is 30.9 Å². The van der Waals surface area contributed by atoms with Crippen molar-refractivity contribution in [2.24, 2.45) is 5.73 Å². The third kappa shape index (κ3) is 3.80. The highest BCUT2D eigenvalue weighted by Crippen LogP contribution is 2.31. The lowest BCUT2D eigenvalue weighted by atomic mass is 9.98. The summed E-state index contributed by atoms with van der Waals surface area (Å²) in [5, 5.41) is -0.439. The number of rotatable bonds is 4. The summed E-state index contributed by atoms with van der Waals surface area (Å²) in [5.74, 6) is 1.58. The minimum atomic E-state index is -3.11. The third-order valence-electron chi connectivity index (χ3n) is 4.03. The van der Waals surface area contributed by atoms with E-state index in [0.29, 0.717) is 12.3 Å². The van der Waals surface area contributed by atoms with Crippen LogP contribution in [0.25, 0.3) is 0 Å². The fraction of sp³-hybridized carbons (Fsp3) is 0.600. The Morgan fingerprint density at radius 1 is 1.43 bits per heavy atom. The summed E-state index contributed by atoms with van der Waals surface area (Å²) in [6, 6.07) is 6.25. The van der Waals surface area contributed by atoms with Crippen molar-refractivity contribution in [3.63, 3.8) is 0 Å². The van der Waals surface area contributed by atoms with Crippen molar-refractivity contribution in [2.45, 2.75) is 25.3 Å². The largest absolute Gasteiger partial charge is 0.329 e. The maximum atomic E-state index is 12.1. The van der Waals surface area contributed by atoms with Gasteiger partial charge in [0.1, 0.15) is 5.37 Å². The van der Waals surface area contributed by atoms with Gasteiger partial charge in [-0.1, -0.05) is 23.8 Å². The number of benzene rings is 1.